The lowest BCUT2D eigenvalue weighted by atomic mass is 10.2. The van der Waals surface area contributed by atoms with E-state index in [0.717, 1.165) is 15.5 Å². The number of methoxy groups -OCH3 is 1. The van der Waals surface area contributed by atoms with Crippen LogP contribution in [0, 0.1) is 6.92 Å². The second-order valence-corrected chi connectivity index (χ2v) is 4.35. The lowest BCUT2D eigenvalue weighted by Crippen LogP contribution is -1.93. The average Bonchev–Trinajstić information content (AvgIpc) is 2.19. The van der Waals surface area contributed by atoms with Crippen molar-refractivity contribution in [2.24, 2.45) is 0 Å². The van der Waals surface area contributed by atoms with Crippen molar-refractivity contribution in [1.82, 2.24) is 9.97 Å². The molecule has 1 aromatic carbocycles. The number of halogens is 2. The topological polar surface area (TPSA) is 35.0 Å². The molecular formula is C10H8BrClN2O. The minimum Gasteiger partial charge on any atom is -0.494 e. The van der Waals surface area contributed by atoms with E-state index in [2.05, 4.69) is 25.9 Å². The van der Waals surface area contributed by atoms with Gasteiger partial charge in [0.05, 0.1) is 18.3 Å². The molecule has 0 N–H and O–H groups in total. The van der Waals surface area contributed by atoms with Crippen molar-refractivity contribution in [1.29, 1.82) is 0 Å². The first-order chi connectivity index (χ1) is 7.11. The summed E-state index contributed by atoms with van der Waals surface area (Å²) in [7, 11) is 1.60. The lowest BCUT2D eigenvalue weighted by molar-refractivity contribution is 0.418. The Hall–Kier alpha value is -0.870. The molecule has 1 aromatic heterocycles. The lowest BCUT2D eigenvalue weighted by Gasteiger charge is -2.06. The summed E-state index contributed by atoms with van der Waals surface area (Å²) >= 11 is 9.28. The summed E-state index contributed by atoms with van der Waals surface area (Å²) in [5.41, 5.74) is 2.14. The number of benzene rings is 1. The molecule has 0 bridgehead atoms. The van der Waals surface area contributed by atoms with Gasteiger partial charge in [-0.15, -0.1) is 0 Å². The summed E-state index contributed by atoms with van der Waals surface area (Å²) in [5.74, 6) is 0.687. The monoisotopic (exact) mass is 286 g/mol. The van der Waals surface area contributed by atoms with Crippen LogP contribution in [0.4, 0.5) is 0 Å². The van der Waals surface area contributed by atoms with E-state index in [9.17, 15) is 0 Å². The van der Waals surface area contributed by atoms with E-state index in [0.29, 0.717) is 16.6 Å². The van der Waals surface area contributed by atoms with Crippen LogP contribution in [0.2, 0.25) is 5.15 Å². The van der Waals surface area contributed by atoms with Gasteiger partial charge < -0.3 is 4.74 Å². The fraction of sp³-hybridized carbons (Fsp3) is 0.200. The first kappa shape index (κ1) is 10.6. The van der Waals surface area contributed by atoms with Crippen molar-refractivity contribution in [3.8, 4) is 5.75 Å². The highest BCUT2D eigenvalue weighted by Gasteiger charge is 2.09. The normalized spacial score (nSPS) is 10.7. The van der Waals surface area contributed by atoms with Crippen molar-refractivity contribution in [3.63, 3.8) is 0 Å². The van der Waals surface area contributed by atoms with Crippen LogP contribution in [-0.4, -0.2) is 17.1 Å². The Morgan fingerprint density at radius 2 is 2.07 bits per heavy atom. The summed E-state index contributed by atoms with van der Waals surface area (Å²) in [4.78, 5) is 8.58. The smallest absolute Gasteiger partial charge is 0.150 e. The molecule has 2 rings (SSSR count). The molecule has 0 fully saturated rings. The van der Waals surface area contributed by atoms with Crippen LogP contribution in [0.1, 0.15) is 5.69 Å². The minimum absolute atomic E-state index is 0.419. The van der Waals surface area contributed by atoms with Crippen LogP contribution >= 0.6 is 27.5 Å². The van der Waals surface area contributed by atoms with E-state index < -0.39 is 0 Å². The Labute approximate surface area is 101 Å². The molecule has 3 nitrogen and oxygen atoms in total. The largest absolute Gasteiger partial charge is 0.494 e. The third kappa shape index (κ3) is 1.92. The summed E-state index contributed by atoms with van der Waals surface area (Å²) in [6.45, 7) is 1.82. The maximum absolute atomic E-state index is 5.91. The van der Waals surface area contributed by atoms with Crippen LogP contribution in [0.15, 0.2) is 16.6 Å². The zero-order valence-corrected chi connectivity index (χ0v) is 10.6. The van der Waals surface area contributed by atoms with Crippen LogP contribution in [-0.2, 0) is 0 Å². The molecule has 0 aliphatic carbocycles. The zero-order valence-electron chi connectivity index (χ0n) is 8.21. The molecule has 0 amide bonds. The van der Waals surface area contributed by atoms with Crippen molar-refractivity contribution in [2.45, 2.75) is 6.92 Å². The van der Waals surface area contributed by atoms with Gasteiger partial charge in [0, 0.05) is 4.47 Å². The van der Waals surface area contributed by atoms with Crippen LogP contribution in [0.3, 0.4) is 0 Å². The number of nitrogens with zero attached hydrogens (tertiary/aromatic N) is 2. The number of ether oxygens (including phenoxy) is 1. The highest BCUT2D eigenvalue weighted by molar-refractivity contribution is 9.10. The van der Waals surface area contributed by atoms with Gasteiger partial charge in [-0.05, 0) is 19.1 Å². The second kappa shape index (κ2) is 3.94. The summed E-state index contributed by atoms with van der Waals surface area (Å²) in [5, 5.41) is 0.419. The van der Waals surface area contributed by atoms with Crippen LogP contribution < -0.4 is 4.74 Å². The molecule has 0 aliphatic rings. The second-order valence-electron chi connectivity index (χ2n) is 3.08. The van der Waals surface area contributed by atoms with Crippen LogP contribution in [0.25, 0.3) is 11.0 Å². The van der Waals surface area contributed by atoms with Crippen molar-refractivity contribution >= 4 is 38.6 Å². The van der Waals surface area contributed by atoms with Crippen molar-refractivity contribution < 1.29 is 4.74 Å². The number of aromatic nitrogens is 2. The summed E-state index contributed by atoms with van der Waals surface area (Å²) < 4.78 is 6.12. The van der Waals surface area contributed by atoms with E-state index in [1.807, 2.05) is 19.1 Å². The number of hydrogen-bond acceptors (Lipinski definition) is 3. The van der Waals surface area contributed by atoms with Gasteiger partial charge in [-0.25, -0.2) is 9.97 Å². The number of aryl methyl sites for hydroxylation is 1. The predicted molar refractivity (Wildman–Crippen MR) is 63.5 cm³/mol. The van der Waals surface area contributed by atoms with Gasteiger partial charge in [-0.3, -0.25) is 0 Å². The molecule has 0 aliphatic heterocycles. The van der Waals surface area contributed by atoms with E-state index in [1.54, 1.807) is 7.11 Å². The molecule has 15 heavy (non-hydrogen) atoms. The third-order valence-electron chi connectivity index (χ3n) is 2.04. The fourth-order valence-electron chi connectivity index (χ4n) is 1.31. The maximum atomic E-state index is 5.91. The van der Waals surface area contributed by atoms with Gasteiger partial charge in [0.1, 0.15) is 11.3 Å². The van der Waals surface area contributed by atoms with Crippen molar-refractivity contribution in [2.75, 3.05) is 7.11 Å². The van der Waals surface area contributed by atoms with Gasteiger partial charge >= 0.3 is 0 Å². The highest BCUT2D eigenvalue weighted by atomic mass is 79.9. The van der Waals surface area contributed by atoms with Gasteiger partial charge in [0.25, 0.3) is 0 Å². The van der Waals surface area contributed by atoms with E-state index in [4.69, 9.17) is 16.3 Å². The number of hydrogen-bond donors (Lipinski definition) is 0. The standard InChI is InChI=1S/C10H8BrClN2O/c1-5-10(12)14-7-3-6(11)4-8(15-2)9(7)13-5/h3-4H,1-2H3. The third-order valence-corrected chi connectivity index (χ3v) is 2.85. The Morgan fingerprint density at radius 1 is 1.33 bits per heavy atom. The van der Waals surface area contributed by atoms with Crippen LogP contribution in [0.5, 0.6) is 5.75 Å². The van der Waals surface area contributed by atoms with E-state index >= 15 is 0 Å². The molecule has 0 saturated heterocycles. The zero-order chi connectivity index (χ0) is 11.0. The predicted octanol–water partition coefficient (Wildman–Crippen LogP) is 3.36. The molecule has 0 saturated carbocycles. The molecule has 0 spiro atoms. The minimum atomic E-state index is 0.419. The van der Waals surface area contributed by atoms with Gasteiger partial charge in [0.2, 0.25) is 0 Å². The molecule has 78 valence electrons. The average molecular weight is 288 g/mol. The first-order valence-electron chi connectivity index (χ1n) is 4.29. The van der Waals surface area contributed by atoms with Gasteiger partial charge in [-0.1, -0.05) is 27.5 Å². The maximum Gasteiger partial charge on any atom is 0.150 e. The molecule has 5 heteroatoms. The summed E-state index contributed by atoms with van der Waals surface area (Å²) in [6, 6.07) is 3.71. The number of fused-ring (bicyclic) bond motifs is 1. The van der Waals surface area contributed by atoms with Crippen molar-refractivity contribution in [3.05, 3.63) is 27.5 Å². The molecule has 2 aromatic rings. The Bertz CT molecular complexity index is 530. The number of rotatable bonds is 1. The molecule has 0 atom stereocenters. The fourth-order valence-corrected chi connectivity index (χ4v) is 1.87. The van der Waals surface area contributed by atoms with E-state index in [-0.39, 0.29) is 0 Å². The van der Waals surface area contributed by atoms with Gasteiger partial charge in [0.15, 0.2) is 5.15 Å². The Morgan fingerprint density at radius 3 is 2.73 bits per heavy atom. The SMILES string of the molecule is COc1cc(Br)cc2nc(Cl)c(C)nc12. The summed E-state index contributed by atoms with van der Waals surface area (Å²) in [6.07, 6.45) is 0. The molecular weight excluding hydrogens is 279 g/mol. The quantitative estimate of drug-likeness (QED) is 0.806. The Balaban J connectivity index is 2.84. The molecule has 0 unspecified atom stereocenters. The Kier molecular flexibility index (Phi) is 2.80. The molecule has 0 radical (unpaired) electrons. The van der Waals surface area contributed by atoms with Gasteiger partial charge in [-0.2, -0.15) is 0 Å². The van der Waals surface area contributed by atoms with E-state index in [1.165, 1.54) is 0 Å². The highest BCUT2D eigenvalue weighted by Crippen LogP contribution is 2.29. The first-order valence-corrected chi connectivity index (χ1v) is 5.46. The molecule has 1 heterocycles.